The van der Waals surface area contributed by atoms with Crippen molar-refractivity contribution in [2.75, 3.05) is 13.2 Å². The average Bonchev–Trinajstić information content (AvgIpc) is 2.45. The maximum atomic E-state index is 11.1. The average molecular weight is 184 g/mol. The summed E-state index contributed by atoms with van der Waals surface area (Å²) in [6.45, 7) is 4.35. The molecule has 0 spiro atoms. The fourth-order valence-corrected chi connectivity index (χ4v) is 1.15. The van der Waals surface area contributed by atoms with Gasteiger partial charge in [-0.25, -0.2) is 4.79 Å². The zero-order valence-electron chi connectivity index (χ0n) is 7.22. The van der Waals surface area contributed by atoms with Crippen LogP contribution in [0.4, 0.5) is 4.79 Å². The molecule has 5 nitrogen and oxygen atoms in total. The Bertz CT molecular complexity index is 227. The highest BCUT2D eigenvalue weighted by Crippen LogP contribution is 2.11. The van der Waals surface area contributed by atoms with E-state index in [1.165, 1.54) is 11.1 Å². The Morgan fingerprint density at radius 3 is 3.23 bits per heavy atom. The van der Waals surface area contributed by atoms with Crippen molar-refractivity contribution in [2.24, 2.45) is 5.16 Å². The Morgan fingerprint density at radius 1 is 1.85 bits per heavy atom. The molecule has 0 aromatic rings. The van der Waals surface area contributed by atoms with Crippen molar-refractivity contribution in [1.29, 1.82) is 0 Å². The molecule has 1 amide bonds. The summed E-state index contributed by atoms with van der Waals surface area (Å²) in [5.74, 6) is 0. The highest BCUT2D eigenvalue weighted by atomic mass is 16.6. The van der Waals surface area contributed by atoms with Gasteiger partial charge in [0.15, 0.2) is 0 Å². The maximum absolute atomic E-state index is 11.1. The maximum Gasteiger partial charge on any atom is 0.410 e. The molecule has 13 heavy (non-hydrogen) atoms. The highest BCUT2D eigenvalue weighted by molar-refractivity contribution is 5.78. The summed E-state index contributed by atoms with van der Waals surface area (Å²) in [6.07, 6.45) is 3.34. The van der Waals surface area contributed by atoms with Crippen LogP contribution in [0.1, 0.15) is 6.42 Å². The number of amides is 1. The summed E-state index contributed by atoms with van der Waals surface area (Å²) in [5.41, 5.74) is 0. The van der Waals surface area contributed by atoms with Gasteiger partial charge < -0.3 is 9.94 Å². The molecule has 1 atom stereocenters. The van der Waals surface area contributed by atoms with Crippen LogP contribution >= 0.6 is 0 Å². The first-order chi connectivity index (χ1) is 6.29. The lowest BCUT2D eigenvalue weighted by Crippen LogP contribution is -2.35. The van der Waals surface area contributed by atoms with Gasteiger partial charge in [0, 0.05) is 6.54 Å². The summed E-state index contributed by atoms with van der Waals surface area (Å²) >= 11 is 0. The highest BCUT2D eigenvalue weighted by Gasteiger charge is 2.30. The zero-order chi connectivity index (χ0) is 9.68. The van der Waals surface area contributed by atoms with Crippen LogP contribution in [0.2, 0.25) is 0 Å². The van der Waals surface area contributed by atoms with Gasteiger partial charge in [0.1, 0.15) is 12.6 Å². The fraction of sp³-hybridized carbons (Fsp3) is 0.500. The van der Waals surface area contributed by atoms with Crippen LogP contribution in [0, 0.1) is 0 Å². The molecule has 1 rings (SSSR count). The van der Waals surface area contributed by atoms with Crippen LogP contribution < -0.4 is 0 Å². The molecule has 1 saturated heterocycles. The molecular formula is C8H12N2O3. The molecule has 0 aromatic heterocycles. The molecule has 1 aliphatic rings. The third kappa shape index (κ3) is 2.21. The zero-order valence-corrected chi connectivity index (χ0v) is 7.22. The summed E-state index contributed by atoms with van der Waals surface area (Å²) in [7, 11) is 0. The lowest BCUT2D eigenvalue weighted by molar-refractivity contribution is 0.158. The largest absolute Gasteiger partial charge is 0.447 e. The minimum Gasteiger partial charge on any atom is -0.447 e. The van der Waals surface area contributed by atoms with Crippen LogP contribution in [0.15, 0.2) is 17.8 Å². The van der Waals surface area contributed by atoms with Crippen molar-refractivity contribution in [1.82, 2.24) is 4.90 Å². The number of ether oxygens (including phenoxy) is 1. The van der Waals surface area contributed by atoms with E-state index in [-0.39, 0.29) is 18.7 Å². The van der Waals surface area contributed by atoms with Crippen molar-refractivity contribution in [3.05, 3.63) is 12.7 Å². The number of carbonyl (C=O) groups is 1. The number of oxime groups is 1. The SMILES string of the molecule is C=CCCN1C(=O)OC[C@H]1/C=N/O. The number of rotatable bonds is 4. The Balaban J connectivity index is 2.54. The Morgan fingerprint density at radius 2 is 2.62 bits per heavy atom. The van der Waals surface area contributed by atoms with E-state index in [9.17, 15) is 4.79 Å². The van der Waals surface area contributed by atoms with Gasteiger partial charge in [-0.3, -0.25) is 4.90 Å². The molecule has 0 bridgehead atoms. The molecule has 1 fully saturated rings. The van der Waals surface area contributed by atoms with Gasteiger partial charge >= 0.3 is 6.09 Å². The predicted octanol–water partition coefficient (Wildman–Crippen LogP) is 0.843. The van der Waals surface area contributed by atoms with Gasteiger partial charge in [-0.05, 0) is 6.42 Å². The second kappa shape index (κ2) is 4.49. The number of hydrogen-bond acceptors (Lipinski definition) is 4. The van der Waals surface area contributed by atoms with Gasteiger partial charge in [0.05, 0.1) is 6.21 Å². The molecular weight excluding hydrogens is 172 g/mol. The van der Waals surface area contributed by atoms with Gasteiger partial charge in [0.2, 0.25) is 0 Å². The molecule has 1 heterocycles. The summed E-state index contributed by atoms with van der Waals surface area (Å²) in [6, 6.07) is -0.252. The molecule has 0 radical (unpaired) electrons. The number of carbonyl (C=O) groups excluding carboxylic acids is 1. The molecule has 1 aliphatic heterocycles. The van der Waals surface area contributed by atoms with Gasteiger partial charge in [-0.15, -0.1) is 6.58 Å². The summed E-state index contributed by atoms with van der Waals surface area (Å²) in [4.78, 5) is 12.6. The van der Waals surface area contributed by atoms with Crippen LogP contribution in [0.3, 0.4) is 0 Å². The van der Waals surface area contributed by atoms with E-state index < -0.39 is 0 Å². The first-order valence-electron chi connectivity index (χ1n) is 4.01. The first kappa shape index (κ1) is 9.57. The minimum atomic E-state index is -0.369. The van der Waals surface area contributed by atoms with E-state index in [0.717, 1.165) is 0 Å². The normalized spacial score (nSPS) is 22.3. The van der Waals surface area contributed by atoms with Crippen LogP contribution in [0.25, 0.3) is 0 Å². The Kier molecular flexibility index (Phi) is 3.31. The standard InChI is InChI=1S/C8H12N2O3/c1-2-3-4-10-7(5-9-12)6-13-8(10)11/h2,5,7,12H,1,3-4,6H2/b9-5+/t7-/m1/s1. The number of cyclic esters (lactones) is 1. The molecule has 0 aromatic carbocycles. The van der Waals surface area contributed by atoms with E-state index in [1.54, 1.807) is 6.08 Å². The molecule has 72 valence electrons. The lowest BCUT2D eigenvalue weighted by Gasteiger charge is -2.16. The van der Waals surface area contributed by atoms with Crippen LogP contribution in [-0.4, -0.2) is 41.6 Å². The molecule has 5 heteroatoms. The third-order valence-corrected chi connectivity index (χ3v) is 1.83. The monoisotopic (exact) mass is 184 g/mol. The smallest absolute Gasteiger partial charge is 0.410 e. The van der Waals surface area contributed by atoms with E-state index in [1.807, 2.05) is 0 Å². The van der Waals surface area contributed by atoms with Crippen molar-refractivity contribution >= 4 is 12.3 Å². The lowest BCUT2D eigenvalue weighted by atomic mass is 10.3. The van der Waals surface area contributed by atoms with E-state index in [0.29, 0.717) is 13.0 Å². The van der Waals surface area contributed by atoms with Crippen molar-refractivity contribution < 1.29 is 14.7 Å². The van der Waals surface area contributed by atoms with Gasteiger partial charge in [-0.1, -0.05) is 11.2 Å². The Labute approximate surface area is 76.3 Å². The topological polar surface area (TPSA) is 62.1 Å². The van der Waals surface area contributed by atoms with E-state index in [4.69, 9.17) is 9.94 Å². The number of hydrogen-bond donors (Lipinski definition) is 1. The quantitative estimate of drug-likeness (QED) is 0.305. The molecule has 0 unspecified atom stereocenters. The van der Waals surface area contributed by atoms with Crippen LogP contribution in [-0.2, 0) is 4.74 Å². The number of nitrogens with zero attached hydrogens (tertiary/aromatic N) is 2. The van der Waals surface area contributed by atoms with Crippen molar-refractivity contribution in [3.63, 3.8) is 0 Å². The third-order valence-electron chi connectivity index (χ3n) is 1.83. The van der Waals surface area contributed by atoms with Gasteiger partial charge in [-0.2, -0.15) is 0 Å². The Hall–Kier alpha value is -1.52. The minimum absolute atomic E-state index is 0.250. The fourth-order valence-electron chi connectivity index (χ4n) is 1.15. The van der Waals surface area contributed by atoms with Crippen molar-refractivity contribution in [2.45, 2.75) is 12.5 Å². The first-order valence-corrected chi connectivity index (χ1v) is 4.01. The van der Waals surface area contributed by atoms with Gasteiger partial charge in [0.25, 0.3) is 0 Å². The molecule has 1 N–H and O–H groups in total. The summed E-state index contributed by atoms with van der Waals surface area (Å²) in [5, 5.41) is 11.2. The second-order valence-electron chi connectivity index (χ2n) is 2.68. The van der Waals surface area contributed by atoms with Crippen LogP contribution in [0.5, 0.6) is 0 Å². The van der Waals surface area contributed by atoms with E-state index >= 15 is 0 Å². The second-order valence-corrected chi connectivity index (χ2v) is 2.68. The van der Waals surface area contributed by atoms with E-state index in [2.05, 4.69) is 11.7 Å². The predicted molar refractivity (Wildman–Crippen MR) is 46.9 cm³/mol. The summed E-state index contributed by atoms with van der Waals surface area (Å²) < 4.78 is 4.78. The van der Waals surface area contributed by atoms with Crippen molar-refractivity contribution in [3.8, 4) is 0 Å². The molecule has 0 aliphatic carbocycles. The molecule has 0 saturated carbocycles.